The van der Waals surface area contributed by atoms with E-state index in [0.29, 0.717) is 0 Å². The Kier molecular flexibility index (Phi) is 4.34. The van der Waals surface area contributed by atoms with Crippen LogP contribution >= 0.6 is 0 Å². The minimum Gasteiger partial charge on any atom is -0.343 e. The van der Waals surface area contributed by atoms with E-state index >= 15 is 0 Å². The molecule has 0 saturated heterocycles. The van der Waals surface area contributed by atoms with Gasteiger partial charge in [0.15, 0.2) is 0 Å². The fourth-order valence-electron chi connectivity index (χ4n) is 5.67. The van der Waals surface area contributed by atoms with Gasteiger partial charge in [-0.05, 0) is 57.5 Å². The number of aromatic nitrogens is 1. The standard InChI is InChI=1S/C34H25N/c1-22-11-13-23(14-12-22)24-15-17-25(18-16-24)26-19-20-32-31(21-26)33-29-9-5-3-7-27(29)28-8-4-6-10-30(28)34(33)35(32)2/h3-21H,1-2H3. The lowest BCUT2D eigenvalue weighted by Gasteiger charge is -2.08. The molecule has 0 aliphatic rings. The molecule has 1 heteroatoms. The number of fused-ring (bicyclic) bond motifs is 8. The van der Waals surface area contributed by atoms with Crippen LogP contribution in [0.15, 0.2) is 115 Å². The third-order valence-corrected chi connectivity index (χ3v) is 7.47. The highest BCUT2D eigenvalue weighted by molar-refractivity contribution is 6.31. The summed E-state index contributed by atoms with van der Waals surface area (Å²) in [5, 5.41) is 7.91. The maximum Gasteiger partial charge on any atom is 0.0574 e. The third-order valence-electron chi connectivity index (χ3n) is 7.47. The summed E-state index contributed by atoms with van der Waals surface area (Å²) < 4.78 is 2.36. The van der Waals surface area contributed by atoms with Gasteiger partial charge in [-0.2, -0.15) is 0 Å². The van der Waals surface area contributed by atoms with Crippen molar-refractivity contribution in [3.63, 3.8) is 0 Å². The Hall–Kier alpha value is -4.36. The summed E-state index contributed by atoms with van der Waals surface area (Å²) in [7, 11) is 2.20. The number of aryl methyl sites for hydroxylation is 2. The first-order valence-corrected chi connectivity index (χ1v) is 12.2. The van der Waals surface area contributed by atoms with Crippen LogP contribution < -0.4 is 0 Å². The van der Waals surface area contributed by atoms with Crippen LogP contribution in [-0.2, 0) is 7.05 Å². The zero-order valence-corrected chi connectivity index (χ0v) is 19.9. The molecule has 35 heavy (non-hydrogen) atoms. The fraction of sp³-hybridized carbons (Fsp3) is 0.0588. The van der Waals surface area contributed by atoms with Gasteiger partial charge in [-0.1, -0.05) is 109 Å². The highest BCUT2D eigenvalue weighted by atomic mass is 14.9. The van der Waals surface area contributed by atoms with Crippen molar-refractivity contribution >= 4 is 43.4 Å². The van der Waals surface area contributed by atoms with Crippen LogP contribution in [0.4, 0.5) is 0 Å². The van der Waals surface area contributed by atoms with Crippen molar-refractivity contribution in [2.24, 2.45) is 7.05 Å². The van der Waals surface area contributed by atoms with Gasteiger partial charge in [0.1, 0.15) is 0 Å². The molecular formula is C34H25N. The molecule has 166 valence electrons. The Labute approximate surface area is 204 Å². The van der Waals surface area contributed by atoms with E-state index in [4.69, 9.17) is 0 Å². The molecule has 7 aromatic rings. The first-order chi connectivity index (χ1) is 17.2. The van der Waals surface area contributed by atoms with Gasteiger partial charge in [-0.3, -0.25) is 0 Å². The second-order valence-electron chi connectivity index (χ2n) is 9.55. The SMILES string of the molecule is Cc1ccc(-c2ccc(-c3ccc4c(c3)c3c5ccccc5c5ccccc5c3n4C)cc2)cc1. The van der Waals surface area contributed by atoms with E-state index in [1.807, 2.05) is 0 Å². The van der Waals surface area contributed by atoms with Crippen molar-refractivity contribution in [1.29, 1.82) is 0 Å². The maximum atomic E-state index is 2.37. The topological polar surface area (TPSA) is 4.93 Å². The molecule has 1 heterocycles. The molecule has 1 aromatic heterocycles. The molecule has 0 radical (unpaired) electrons. The Bertz CT molecular complexity index is 1880. The van der Waals surface area contributed by atoms with Crippen LogP contribution in [0.1, 0.15) is 5.56 Å². The highest BCUT2D eigenvalue weighted by Crippen LogP contribution is 2.41. The predicted molar refractivity (Wildman–Crippen MR) is 151 cm³/mol. The molecule has 0 bridgehead atoms. The smallest absolute Gasteiger partial charge is 0.0574 e. The van der Waals surface area contributed by atoms with Crippen molar-refractivity contribution < 1.29 is 0 Å². The summed E-state index contributed by atoms with van der Waals surface area (Å²) in [6.07, 6.45) is 0. The molecule has 0 amide bonds. The van der Waals surface area contributed by atoms with Gasteiger partial charge in [0.05, 0.1) is 5.52 Å². The molecule has 0 unspecified atom stereocenters. The summed E-state index contributed by atoms with van der Waals surface area (Å²) in [6, 6.07) is 42.2. The average Bonchev–Trinajstić information content (AvgIpc) is 3.21. The molecule has 0 fully saturated rings. The third kappa shape index (κ3) is 3.02. The second kappa shape index (κ2) is 7.58. The maximum absolute atomic E-state index is 2.37. The van der Waals surface area contributed by atoms with Crippen molar-refractivity contribution in [3.8, 4) is 22.3 Å². The summed E-state index contributed by atoms with van der Waals surface area (Å²) >= 11 is 0. The second-order valence-corrected chi connectivity index (χ2v) is 9.55. The molecule has 0 saturated carbocycles. The predicted octanol–water partition coefficient (Wildman–Crippen LogP) is 9.28. The van der Waals surface area contributed by atoms with Crippen LogP contribution in [0.2, 0.25) is 0 Å². The largest absolute Gasteiger partial charge is 0.343 e. The first kappa shape index (κ1) is 20.1. The minimum absolute atomic E-state index is 1.24. The van der Waals surface area contributed by atoms with E-state index in [0.717, 1.165) is 0 Å². The van der Waals surface area contributed by atoms with Crippen molar-refractivity contribution in [2.75, 3.05) is 0 Å². The van der Waals surface area contributed by atoms with Crippen LogP contribution in [0.5, 0.6) is 0 Å². The van der Waals surface area contributed by atoms with E-state index in [1.165, 1.54) is 71.2 Å². The molecule has 1 nitrogen and oxygen atoms in total. The molecule has 6 aromatic carbocycles. The molecular weight excluding hydrogens is 422 g/mol. The molecule has 0 N–H and O–H groups in total. The van der Waals surface area contributed by atoms with Crippen molar-refractivity contribution in [3.05, 3.63) is 121 Å². The van der Waals surface area contributed by atoms with Gasteiger partial charge in [-0.15, -0.1) is 0 Å². The molecule has 0 aliphatic heterocycles. The zero-order chi connectivity index (χ0) is 23.5. The lowest BCUT2D eigenvalue weighted by molar-refractivity contribution is 1.02. The Balaban J connectivity index is 1.46. The van der Waals surface area contributed by atoms with Gasteiger partial charge < -0.3 is 4.57 Å². The monoisotopic (exact) mass is 447 g/mol. The number of rotatable bonds is 2. The van der Waals surface area contributed by atoms with Crippen molar-refractivity contribution in [1.82, 2.24) is 4.57 Å². The quantitative estimate of drug-likeness (QED) is 0.233. The minimum atomic E-state index is 1.24. The summed E-state index contributed by atoms with van der Waals surface area (Å²) in [5.74, 6) is 0. The number of hydrogen-bond donors (Lipinski definition) is 0. The summed E-state index contributed by atoms with van der Waals surface area (Å²) in [4.78, 5) is 0. The molecule has 0 atom stereocenters. The molecule has 7 rings (SSSR count). The lowest BCUT2D eigenvalue weighted by atomic mass is 9.95. The summed E-state index contributed by atoms with van der Waals surface area (Å²) in [6.45, 7) is 2.13. The Morgan fingerprint density at radius 3 is 1.60 bits per heavy atom. The Morgan fingerprint density at radius 1 is 0.457 bits per heavy atom. The lowest BCUT2D eigenvalue weighted by Crippen LogP contribution is -1.89. The average molecular weight is 448 g/mol. The zero-order valence-electron chi connectivity index (χ0n) is 19.9. The van der Waals surface area contributed by atoms with E-state index in [-0.39, 0.29) is 0 Å². The van der Waals surface area contributed by atoms with E-state index < -0.39 is 0 Å². The van der Waals surface area contributed by atoms with E-state index in [2.05, 4.69) is 134 Å². The molecule has 0 aliphatic carbocycles. The first-order valence-electron chi connectivity index (χ1n) is 12.2. The number of hydrogen-bond acceptors (Lipinski definition) is 0. The number of benzene rings is 6. The highest BCUT2D eigenvalue weighted by Gasteiger charge is 2.16. The van der Waals surface area contributed by atoms with Crippen LogP contribution in [-0.4, -0.2) is 4.57 Å². The molecule has 0 spiro atoms. The Morgan fingerprint density at radius 2 is 0.943 bits per heavy atom. The summed E-state index contributed by atoms with van der Waals surface area (Å²) in [5.41, 5.74) is 8.85. The van der Waals surface area contributed by atoms with Crippen LogP contribution in [0.25, 0.3) is 65.6 Å². The van der Waals surface area contributed by atoms with E-state index in [1.54, 1.807) is 0 Å². The van der Waals surface area contributed by atoms with Crippen LogP contribution in [0.3, 0.4) is 0 Å². The fourth-order valence-corrected chi connectivity index (χ4v) is 5.67. The number of nitrogens with zero attached hydrogens (tertiary/aromatic N) is 1. The van der Waals surface area contributed by atoms with Gasteiger partial charge in [0.2, 0.25) is 0 Å². The van der Waals surface area contributed by atoms with Crippen molar-refractivity contribution in [2.45, 2.75) is 6.92 Å². The van der Waals surface area contributed by atoms with Gasteiger partial charge >= 0.3 is 0 Å². The normalized spacial score (nSPS) is 11.7. The van der Waals surface area contributed by atoms with Gasteiger partial charge in [0, 0.05) is 28.7 Å². The van der Waals surface area contributed by atoms with Gasteiger partial charge in [0.25, 0.3) is 0 Å². The van der Waals surface area contributed by atoms with Gasteiger partial charge in [-0.25, -0.2) is 0 Å². The van der Waals surface area contributed by atoms with Crippen LogP contribution in [0, 0.1) is 6.92 Å². The van der Waals surface area contributed by atoms with E-state index in [9.17, 15) is 0 Å².